The molecule has 4 aromatic rings. The third-order valence-electron chi connectivity index (χ3n) is 4.41. The van der Waals surface area contributed by atoms with Crippen molar-refractivity contribution >= 4 is 23.2 Å². The zero-order valence-electron chi connectivity index (χ0n) is 15.3. The van der Waals surface area contributed by atoms with Crippen molar-refractivity contribution in [1.29, 1.82) is 0 Å². The predicted octanol–water partition coefficient (Wildman–Crippen LogP) is 5.58. The summed E-state index contributed by atoms with van der Waals surface area (Å²) in [5, 5.41) is 0. The maximum Gasteiger partial charge on any atom is 0.133 e. The van der Waals surface area contributed by atoms with Gasteiger partial charge in [0.1, 0.15) is 17.3 Å². The van der Waals surface area contributed by atoms with Gasteiger partial charge < -0.3 is 13.7 Å². The molecule has 2 aromatic heterocycles. The van der Waals surface area contributed by atoms with Gasteiger partial charge in [-0.3, -0.25) is 0 Å². The molecule has 0 N–H and O–H groups in total. The summed E-state index contributed by atoms with van der Waals surface area (Å²) in [4.78, 5) is 4.75. The molecule has 4 nitrogen and oxygen atoms in total. The molecular formula is C23H22N2O2. The SMILES string of the molecule is Cc1cccc(OCCCn2c(C=Cc3ccco3)nc3ccccc32)c1. The first-order valence-electron chi connectivity index (χ1n) is 9.16. The maximum atomic E-state index is 5.89. The molecule has 0 saturated heterocycles. The number of aryl methyl sites for hydroxylation is 2. The summed E-state index contributed by atoms with van der Waals surface area (Å²) >= 11 is 0. The number of benzene rings is 2. The Balaban J connectivity index is 1.48. The summed E-state index contributed by atoms with van der Waals surface area (Å²) < 4.78 is 13.5. The number of aromatic nitrogens is 2. The number of nitrogens with zero attached hydrogens (tertiary/aromatic N) is 2. The zero-order valence-corrected chi connectivity index (χ0v) is 15.3. The zero-order chi connectivity index (χ0) is 18.5. The lowest BCUT2D eigenvalue weighted by atomic mass is 10.2. The molecule has 4 rings (SSSR count). The van der Waals surface area contributed by atoms with Crippen LogP contribution in [-0.4, -0.2) is 16.2 Å². The molecule has 0 radical (unpaired) electrons. The Morgan fingerprint density at radius 3 is 2.81 bits per heavy atom. The molecule has 0 saturated carbocycles. The summed E-state index contributed by atoms with van der Waals surface area (Å²) in [5.74, 6) is 2.66. The molecule has 2 aromatic carbocycles. The fraction of sp³-hybridized carbons (Fsp3) is 0.174. The van der Waals surface area contributed by atoms with Crippen LogP contribution in [0.25, 0.3) is 23.2 Å². The van der Waals surface area contributed by atoms with E-state index in [9.17, 15) is 0 Å². The van der Waals surface area contributed by atoms with Gasteiger partial charge in [-0.05, 0) is 67.5 Å². The Morgan fingerprint density at radius 1 is 1.04 bits per heavy atom. The maximum absolute atomic E-state index is 5.89. The van der Waals surface area contributed by atoms with E-state index in [0.29, 0.717) is 6.61 Å². The lowest BCUT2D eigenvalue weighted by Crippen LogP contribution is -2.06. The van der Waals surface area contributed by atoms with Crippen LogP contribution in [0.3, 0.4) is 0 Å². The number of ether oxygens (including phenoxy) is 1. The van der Waals surface area contributed by atoms with Crippen LogP contribution in [0.4, 0.5) is 0 Å². The molecule has 136 valence electrons. The fourth-order valence-electron chi connectivity index (χ4n) is 3.12. The summed E-state index contributed by atoms with van der Waals surface area (Å²) in [6.45, 7) is 3.57. The molecule has 0 fully saturated rings. The highest BCUT2D eigenvalue weighted by atomic mass is 16.5. The second-order valence-electron chi connectivity index (χ2n) is 6.48. The van der Waals surface area contributed by atoms with Crippen molar-refractivity contribution in [1.82, 2.24) is 9.55 Å². The van der Waals surface area contributed by atoms with Gasteiger partial charge in [0, 0.05) is 6.54 Å². The Kier molecular flexibility index (Phi) is 5.06. The van der Waals surface area contributed by atoms with Crippen molar-refractivity contribution < 1.29 is 9.15 Å². The Morgan fingerprint density at radius 2 is 1.96 bits per heavy atom. The first kappa shape index (κ1) is 17.2. The van der Waals surface area contributed by atoms with Gasteiger partial charge in [0.2, 0.25) is 0 Å². The molecule has 4 heteroatoms. The van der Waals surface area contributed by atoms with Crippen LogP contribution in [0.2, 0.25) is 0 Å². The van der Waals surface area contributed by atoms with Crippen LogP contribution in [0.1, 0.15) is 23.6 Å². The van der Waals surface area contributed by atoms with Crippen molar-refractivity contribution in [3.8, 4) is 5.75 Å². The fourth-order valence-corrected chi connectivity index (χ4v) is 3.12. The molecule has 0 amide bonds. The number of fused-ring (bicyclic) bond motifs is 1. The molecule has 2 heterocycles. The van der Waals surface area contributed by atoms with Gasteiger partial charge >= 0.3 is 0 Å². The minimum Gasteiger partial charge on any atom is -0.494 e. The van der Waals surface area contributed by atoms with E-state index in [-0.39, 0.29) is 0 Å². The van der Waals surface area contributed by atoms with Crippen LogP contribution in [-0.2, 0) is 6.54 Å². The smallest absolute Gasteiger partial charge is 0.133 e. The average molecular weight is 358 g/mol. The second-order valence-corrected chi connectivity index (χ2v) is 6.48. The van der Waals surface area contributed by atoms with Gasteiger partial charge in [0.25, 0.3) is 0 Å². The van der Waals surface area contributed by atoms with Gasteiger partial charge in [-0.1, -0.05) is 24.3 Å². The summed E-state index contributed by atoms with van der Waals surface area (Å²) in [7, 11) is 0. The predicted molar refractivity (Wildman–Crippen MR) is 109 cm³/mol. The van der Waals surface area contributed by atoms with Crippen LogP contribution in [0.5, 0.6) is 5.75 Å². The van der Waals surface area contributed by atoms with Crippen LogP contribution in [0, 0.1) is 6.92 Å². The Hall–Kier alpha value is -3.27. The van der Waals surface area contributed by atoms with E-state index in [0.717, 1.165) is 41.3 Å². The Labute approximate surface area is 158 Å². The largest absolute Gasteiger partial charge is 0.494 e. The molecule has 0 unspecified atom stereocenters. The first-order chi connectivity index (χ1) is 13.3. The number of rotatable bonds is 7. The highest BCUT2D eigenvalue weighted by molar-refractivity contribution is 5.79. The van der Waals surface area contributed by atoms with Gasteiger partial charge in [0.05, 0.1) is 23.9 Å². The summed E-state index contributed by atoms with van der Waals surface area (Å²) in [6.07, 6.45) is 6.52. The monoisotopic (exact) mass is 358 g/mol. The van der Waals surface area contributed by atoms with E-state index in [1.54, 1.807) is 6.26 Å². The molecule has 0 atom stereocenters. The normalized spacial score (nSPS) is 11.4. The molecule has 0 spiro atoms. The van der Waals surface area contributed by atoms with E-state index in [4.69, 9.17) is 14.1 Å². The highest BCUT2D eigenvalue weighted by Crippen LogP contribution is 2.19. The number of furan rings is 1. The van der Waals surface area contributed by atoms with Crippen molar-refractivity contribution in [2.24, 2.45) is 0 Å². The van der Waals surface area contributed by atoms with E-state index in [1.807, 2.05) is 54.6 Å². The standard InChI is InChI=1S/C23H22N2O2/c1-18-7-4-8-20(17-18)27-16-6-14-25-22-11-3-2-10-21(22)24-23(25)13-12-19-9-5-15-26-19/h2-5,7-13,15,17H,6,14,16H2,1H3. The van der Waals surface area contributed by atoms with Crippen molar-refractivity contribution in [2.75, 3.05) is 6.61 Å². The first-order valence-corrected chi connectivity index (χ1v) is 9.16. The van der Waals surface area contributed by atoms with E-state index in [2.05, 4.69) is 29.7 Å². The summed E-state index contributed by atoms with van der Waals surface area (Å²) in [5.41, 5.74) is 3.34. The lowest BCUT2D eigenvalue weighted by Gasteiger charge is -2.09. The van der Waals surface area contributed by atoms with E-state index < -0.39 is 0 Å². The molecule has 0 aliphatic heterocycles. The van der Waals surface area contributed by atoms with Gasteiger partial charge in [-0.15, -0.1) is 0 Å². The van der Waals surface area contributed by atoms with E-state index >= 15 is 0 Å². The van der Waals surface area contributed by atoms with Crippen LogP contribution < -0.4 is 4.74 Å². The molecular weight excluding hydrogens is 336 g/mol. The second kappa shape index (κ2) is 7.96. The van der Waals surface area contributed by atoms with Crippen LogP contribution in [0.15, 0.2) is 71.3 Å². The average Bonchev–Trinajstić information content (AvgIpc) is 3.31. The quantitative estimate of drug-likeness (QED) is 0.405. The molecule has 0 aliphatic carbocycles. The van der Waals surface area contributed by atoms with E-state index in [1.165, 1.54) is 5.56 Å². The lowest BCUT2D eigenvalue weighted by molar-refractivity contribution is 0.302. The van der Waals surface area contributed by atoms with Crippen molar-refractivity contribution in [2.45, 2.75) is 19.9 Å². The third-order valence-corrected chi connectivity index (χ3v) is 4.41. The van der Waals surface area contributed by atoms with Gasteiger partial charge in [0.15, 0.2) is 0 Å². The molecule has 0 bridgehead atoms. The highest BCUT2D eigenvalue weighted by Gasteiger charge is 2.08. The van der Waals surface area contributed by atoms with Crippen LogP contribution >= 0.6 is 0 Å². The number of para-hydroxylation sites is 2. The van der Waals surface area contributed by atoms with Gasteiger partial charge in [-0.25, -0.2) is 4.98 Å². The minimum absolute atomic E-state index is 0.664. The van der Waals surface area contributed by atoms with Crippen molar-refractivity contribution in [3.05, 3.63) is 84.1 Å². The summed E-state index contributed by atoms with van der Waals surface area (Å²) in [6, 6.07) is 20.2. The number of imidazole rings is 1. The number of hydrogen-bond acceptors (Lipinski definition) is 3. The topological polar surface area (TPSA) is 40.2 Å². The van der Waals surface area contributed by atoms with Gasteiger partial charge in [-0.2, -0.15) is 0 Å². The molecule has 0 aliphatic rings. The van der Waals surface area contributed by atoms with Crippen molar-refractivity contribution in [3.63, 3.8) is 0 Å². The molecule has 27 heavy (non-hydrogen) atoms. The minimum atomic E-state index is 0.664. The number of hydrogen-bond donors (Lipinski definition) is 0. The third kappa shape index (κ3) is 4.11. The Bertz CT molecular complexity index is 1050.